The van der Waals surface area contributed by atoms with Crippen LogP contribution in [0, 0.1) is 5.92 Å². The lowest BCUT2D eigenvalue weighted by molar-refractivity contribution is 0.105. The quantitative estimate of drug-likeness (QED) is 0.429. The molecule has 1 aromatic rings. The summed E-state index contributed by atoms with van der Waals surface area (Å²) in [6.45, 7) is 2.84. The molecule has 3 amide bonds. The molecule has 9 heteroatoms. The van der Waals surface area contributed by atoms with Crippen molar-refractivity contribution in [2.45, 2.75) is 81.0 Å². The number of thioether (sulfide) groups is 1. The van der Waals surface area contributed by atoms with Crippen molar-refractivity contribution >= 4 is 40.4 Å². The molecule has 1 aromatic heterocycles. The van der Waals surface area contributed by atoms with E-state index in [1.807, 2.05) is 0 Å². The van der Waals surface area contributed by atoms with Gasteiger partial charge in [-0.15, -0.1) is 11.8 Å². The Hall–Kier alpha value is -1.48. The summed E-state index contributed by atoms with van der Waals surface area (Å²) in [6, 6.07) is 0.720. The van der Waals surface area contributed by atoms with E-state index in [0.717, 1.165) is 41.6 Å². The van der Waals surface area contributed by atoms with Gasteiger partial charge in [-0.2, -0.15) is 0 Å². The number of amides is 3. The molecule has 0 aliphatic heterocycles. The number of hydrogen-bond acceptors (Lipinski definition) is 6. The SMILES string of the molecule is COC(=O)NCCSc1cnc(NC(=O)N(C2CCCCC2)C2CCC(C)CC2)s1. The molecule has 0 atom stereocenters. The zero-order valence-corrected chi connectivity index (χ0v) is 19.7. The van der Waals surface area contributed by atoms with Crippen molar-refractivity contribution in [3.63, 3.8) is 0 Å². The second-order valence-electron chi connectivity index (χ2n) is 8.29. The van der Waals surface area contributed by atoms with E-state index < -0.39 is 6.09 Å². The van der Waals surface area contributed by atoms with Crippen LogP contribution in [0.1, 0.15) is 64.7 Å². The number of carbonyl (C=O) groups is 2. The van der Waals surface area contributed by atoms with Gasteiger partial charge in [-0.25, -0.2) is 14.6 Å². The summed E-state index contributed by atoms with van der Waals surface area (Å²) in [5, 5.41) is 6.38. The largest absolute Gasteiger partial charge is 0.453 e. The van der Waals surface area contributed by atoms with E-state index >= 15 is 0 Å². The van der Waals surface area contributed by atoms with Crippen molar-refractivity contribution in [2.24, 2.45) is 5.92 Å². The highest BCUT2D eigenvalue weighted by atomic mass is 32.2. The third kappa shape index (κ3) is 6.77. The minimum Gasteiger partial charge on any atom is -0.453 e. The third-order valence-corrected chi connectivity index (χ3v) is 8.19. The van der Waals surface area contributed by atoms with Gasteiger partial charge in [-0.05, 0) is 44.4 Å². The Kier molecular flexibility index (Phi) is 9.11. The molecule has 7 nitrogen and oxygen atoms in total. The zero-order valence-electron chi connectivity index (χ0n) is 18.0. The first-order valence-electron chi connectivity index (χ1n) is 11.1. The van der Waals surface area contributed by atoms with E-state index in [2.05, 4.69) is 32.2 Å². The molecule has 0 spiro atoms. The fraction of sp³-hybridized carbons (Fsp3) is 0.762. The normalized spacial score (nSPS) is 22.3. The van der Waals surface area contributed by atoms with Crippen molar-refractivity contribution in [1.82, 2.24) is 15.2 Å². The summed E-state index contributed by atoms with van der Waals surface area (Å²) >= 11 is 3.09. The number of thiazole rings is 1. The molecule has 30 heavy (non-hydrogen) atoms. The van der Waals surface area contributed by atoms with Crippen LogP contribution >= 0.6 is 23.1 Å². The van der Waals surface area contributed by atoms with Crippen LogP contribution < -0.4 is 10.6 Å². The van der Waals surface area contributed by atoms with E-state index in [9.17, 15) is 9.59 Å². The summed E-state index contributed by atoms with van der Waals surface area (Å²) in [4.78, 5) is 30.9. The van der Waals surface area contributed by atoms with Crippen LogP contribution in [-0.4, -0.2) is 53.5 Å². The van der Waals surface area contributed by atoms with Gasteiger partial charge in [-0.3, -0.25) is 5.32 Å². The first kappa shape index (κ1) is 23.2. The van der Waals surface area contributed by atoms with Crippen LogP contribution in [-0.2, 0) is 4.74 Å². The fourth-order valence-electron chi connectivity index (χ4n) is 4.43. The van der Waals surface area contributed by atoms with Gasteiger partial charge in [0.2, 0.25) is 0 Å². The molecule has 2 aliphatic rings. The van der Waals surface area contributed by atoms with Gasteiger partial charge >= 0.3 is 12.1 Å². The number of urea groups is 1. The molecule has 2 saturated carbocycles. The Morgan fingerprint density at radius 1 is 1.17 bits per heavy atom. The maximum atomic E-state index is 13.3. The number of rotatable bonds is 7. The number of alkyl carbamates (subject to hydrolysis) is 1. The first-order chi connectivity index (χ1) is 14.6. The van der Waals surface area contributed by atoms with Gasteiger partial charge in [0, 0.05) is 24.4 Å². The molecule has 2 N–H and O–H groups in total. The highest BCUT2D eigenvalue weighted by molar-refractivity contribution is 8.01. The lowest BCUT2D eigenvalue weighted by Gasteiger charge is -2.42. The van der Waals surface area contributed by atoms with Crippen molar-refractivity contribution in [1.29, 1.82) is 0 Å². The van der Waals surface area contributed by atoms with Crippen LogP contribution in [0.4, 0.5) is 14.7 Å². The Balaban J connectivity index is 1.55. The van der Waals surface area contributed by atoms with Gasteiger partial charge in [0.25, 0.3) is 0 Å². The summed E-state index contributed by atoms with van der Waals surface area (Å²) < 4.78 is 5.58. The van der Waals surface area contributed by atoms with Crippen LogP contribution in [0.2, 0.25) is 0 Å². The van der Waals surface area contributed by atoms with Gasteiger partial charge < -0.3 is 15.0 Å². The highest BCUT2D eigenvalue weighted by Gasteiger charge is 2.34. The van der Waals surface area contributed by atoms with Gasteiger partial charge in [0.15, 0.2) is 5.13 Å². The Morgan fingerprint density at radius 2 is 1.87 bits per heavy atom. The van der Waals surface area contributed by atoms with E-state index in [4.69, 9.17) is 0 Å². The third-order valence-electron chi connectivity index (χ3n) is 6.08. The summed E-state index contributed by atoms with van der Waals surface area (Å²) in [5.41, 5.74) is 0. The average molecular weight is 455 g/mol. The molecule has 0 unspecified atom stereocenters. The highest BCUT2D eigenvalue weighted by Crippen LogP contribution is 2.33. The van der Waals surface area contributed by atoms with Crippen molar-refractivity contribution in [3.05, 3.63) is 6.20 Å². The van der Waals surface area contributed by atoms with Crippen LogP contribution in [0.3, 0.4) is 0 Å². The predicted molar refractivity (Wildman–Crippen MR) is 122 cm³/mol. The van der Waals surface area contributed by atoms with Crippen LogP contribution in [0.25, 0.3) is 0 Å². The fourth-order valence-corrected chi connectivity index (χ4v) is 6.22. The second-order valence-corrected chi connectivity index (χ2v) is 10.7. The Morgan fingerprint density at radius 3 is 2.57 bits per heavy atom. The minimum absolute atomic E-state index is 0.0136. The average Bonchev–Trinajstić information content (AvgIpc) is 3.20. The molecule has 2 aliphatic carbocycles. The molecule has 0 aromatic carbocycles. The summed E-state index contributed by atoms with van der Waals surface area (Å²) in [5.74, 6) is 1.49. The maximum absolute atomic E-state index is 13.3. The van der Waals surface area contributed by atoms with Crippen LogP contribution in [0.15, 0.2) is 10.4 Å². The summed E-state index contributed by atoms with van der Waals surface area (Å²) in [6.07, 6.45) is 11.9. The number of nitrogens with zero attached hydrogens (tertiary/aromatic N) is 2. The molecule has 0 saturated heterocycles. The van der Waals surface area contributed by atoms with E-state index in [1.54, 1.807) is 18.0 Å². The molecular weight excluding hydrogens is 420 g/mol. The number of ether oxygens (including phenoxy) is 1. The van der Waals surface area contributed by atoms with E-state index in [0.29, 0.717) is 23.8 Å². The van der Waals surface area contributed by atoms with Gasteiger partial charge in [0.05, 0.1) is 17.5 Å². The Labute approximate surface area is 187 Å². The van der Waals surface area contributed by atoms with Crippen molar-refractivity contribution in [2.75, 3.05) is 24.7 Å². The number of nitrogens with one attached hydrogen (secondary N) is 2. The molecule has 1 heterocycles. The molecule has 168 valence electrons. The lowest BCUT2D eigenvalue weighted by atomic mass is 9.84. The predicted octanol–water partition coefficient (Wildman–Crippen LogP) is 5.34. The molecule has 3 rings (SSSR count). The first-order valence-corrected chi connectivity index (χ1v) is 12.9. The molecule has 0 bridgehead atoms. The van der Waals surface area contributed by atoms with Crippen molar-refractivity contribution in [3.8, 4) is 0 Å². The number of hydrogen-bond donors (Lipinski definition) is 2. The zero-order chi connectivity index (χ0) is 21.3. The minimum atomic E-state index is -0.423. The molecular formula is C21H34N4O3S2. The van der Waals surface area contributed by atoms with Crippen LogP contribution in [0.5, 0.6) is 0 Å². The maximum Gasteiger partial charge on any atom is 0.406 e. The molecule has 2 fully saturated rings. The standard InChI is InChI=1S/C21H34N4O3S2/c1-15-8-10-17(11-9-15)25(16-6-4-3-5-7-16)20(26)24-19-23-14-18(30-19)29-13-12-22-21(27)28-2/h14-17H,3-13H2,1-2H3,(H,22,27)(H,23,24,26). The molecule has 0 radical (unpaired) electrons. The monoisotopic (exact) mass is 454 g/mol. The lowest BCUT2D eigenvalue weighted by Crippen LogP contribution is -2.51. The van der Waals surface area contributed by atoms with E-state index in [-0.39, 0.29) is 6.03 Å². The second kappa shape index (κ2) is 11.8. The van der Waals surface area contributed by atoms with Crippen molar-refractivity contribution < 1.29 is 14.3 Å². The number of methoxy groups -OCH3 is 1. The number of aromatic nitrogens is 1. The number of anilines is 1. The van der Waals surface area contributed by atoms with Gasteiger partial charge in [-0.1, -0.05) is 37.5 Å². The topological polar surface area (TPSA) is 83.6 Å². The number of carbonyl (C=O) groups excluding carboxylic acids is 2. The Bertz CT molecular complexity index is 686. The van der Waals surface area contributed by atoms with E-state index in [1.165, 1.54) is 50.6 Å². The summed E-state index contributed by atoms with van der Waals surface area (Å²) in [7, 11) is 1.35. The van der Waals surface area contributed by atoms with Gasteiger partial charge in [0.1, 0.15) is 0 Å². The smallest absolute Gasteiger partial charge is 0.406 e.